The van der Waals surface area contributed by atoms with Crippen LogP contribution in [-0.4, -0.2) is 26.5 Å². The normalized spacial score (nSPS) is 11.2. The molecule has 112 valence electrons. The molecule has 6 nitrogen and oxygen atoms in total. The van der Waals surface area contributed by atoms with Gasteiger partial charge in [-0.3, -0.25) is 4.72 Å². The van der Waals surface area contributed by atoms with E-state index in [0.29, 0.717) is 5.02 Å². The van der Waals surface area contributed by atoms with Crippen molar-refractivity contribution in [2.24, 2.45) is 0 Å². The molecule has 0 amide bonds. The van der Waals surface area contributed by atoms with Crippen LogP contribution in [-0.2, 0) is 14.8 Å². The maximum atomic E-state index is 12.2. The Morgan fingerprint density at radius 1 is 1.33 bits per heavy atom. The second kappa shape index (κ2) is 5.79. The summed E-state index contributed by atoms with van der Waals surface area (Å²) in [4.78, 5) is 13.8. The summed E-state index contributed by atoms with van der Waals surface area (Å²) in [6.07, 6.45) is 1.21. The lowest BCUT2D eigenvalue weighted by Gasteiger charge is -2.08. The number of aromatic nitrogens is 1. The molecule has 0 spiro atoms. The molecule has 8 heteroatoms. The molecule has 0 aliphatic carbocycles. The number of methoxy groups -OCH3 is 1. The van der Waals surface area contributed by atoms with E-state index in [1.165, 1.54) is 19.4 Å². The average Bonchev–Trinajstić information content (AvgIpc) is 2.91. The Morgan fingerprint density at radius 2 is 2.05 bits per heavy atom. The summed E-state index contributed by atoms with van der Waals surface area (Å²) in [6.45, 7) is 1.85. The van der Waals surface area contributed by atoms with Gasteiger partial charge in [-0.15, -0.1) is 0 Å². The fraction of sp³-hybridized carbons (Fsp3) is 0.154. The van der Waals surface area contributed by atoms with Gasteiger partial charge in [0.15, 0.2) is 0 Å². The molecule has 0 unspecified atom stereocenters. The lowest BCUT2D eigenvalue weighted by atomic mass is 10.2. The van der Waals surface area contributed by atoms with Gasteiger partial charge in [0.2, 0.25) is 0 Å². The first-order valence-corrected chi connectivity index (χ1v) is 7.75. The van der Waals surface area contributed by atoms with E-state index in [9.17, 15) is 13.2 Å². The summed E-state index contributed by atoms with van der Waals surface area (Å²) in [5, 5.41) is 0.294. The third kappa shape index (κ3) is 3.37. The van der Waals surface area contributed by atoms with Gasteiger partial charge in [0.1, 0.15) is 10.6 Å². The summed E-state index contributed by atoms with van der Waals surface area (Å²) in [5.41, 5.74) is 1.23. The number of rotatable bonds is 4. The monoisotopic (exact) mass is 328 g/mol. The average molecular weight is 329 g/mol. The highest BCUT2D eigenvalue weighted by atomic mass is 35.5. The summed E-state index contributed by atoms with van der Waals surface area (Å²) < 4.78 is 31.3. The van der Waals surface area contributed by atoms with Crippen molar-refractivity contribution in [2.45, 2.75) is 11.8 Å². The largest absolute Gasteiger partial charge is 0.464 e. The van der Waals surface area contributed by atoms with Crippen LogP contribution in [0.1, 0.15) is 16.1 Å². The molecular formula is C13H13ClN2O4S. The Hall–Kier alpha value is -1.99. The molecule has 0 fully saturated rings. The van der Waals surface area contributed by atoms with Gasteiger partial charge in [0.05, 0.1) is 17.8 Å². The number of carbonyl (C=O) groups excluding carboxylic acids is 1. The predicted molar refractivity (Wildman–Crippen MR) is 79.1 cm³/mol. The van der Waals surface area contributed by atoms with E-state index < -0.39 is 16.0 Å². The zero-order chi connectivity index (χ0) is 15.6. The molecule has 0 bridgehead atoms. The van der Waals surface area contributed by atoms with Gasteiger partial charge in [-0.05, 0) is 30.7 Å². The molecule has 1 heterocycles. The van der Waals surface area contributed by atoms with E-state index in [1.807, 2.05) is 6.92 Å². The Bertz CT molecular complexity index is 783. The fourth-order valence-electron chi connectivity index (χ4n) is 1.66. The van der Waals surface area contributed by atoms with Crippen molar-refractivity contribution in [3.63, 3.8) is 0 Å². The molecule has 0 radical (unpaired) electrons. The number of hydrogen-bond acceptors (Lipinski definition) is 4. The summed E-state index contributed by atoms with van der Waals surface area (Å²) in [5.74, 6) is -0.648. The third-order valence-electron chi connectivity index (χ3n) is 2.74. The standard InChI is InChI=1S/C13H13ClN2O4S/c1-8-3-4-11(10(14)5-8)16-21(18,19)9-6-12(15-7-9)13(17)20-2/h3-7,15-16H,1-2H3. The van der Waals surface area contributed by atoms with Crippen molar-refractivity contribution in [3.05, 3.63) is 46.7 Å². The maximum Gasteiger partial charge on any atom is 0.354 e. The number of aromatic amines is 1. The molecule has 1 aromatic carbocycles. The first-order chi connectivity index (χ1) is 9.83. The van der Waals surface area contributed by atoms with Crippen molar-refractivity contribution in [1.29, 1.82) is 0 Å². The second-order valence-electron chi connectivity index (χ2n) is 4.33. The van der Waals surface area contributed by atoms with Crippen LogP contribution in [0.25, 0.3) is 0 Å². The molecule has 2 aromatic rings. The van der Waals surface area contributed by atoms with Gasteiger partial charge in [-0.2, -0.15) is 0 Å². The highest BCUT2D eigenvalue weighted by Gasteiger charge is 2.19. The van der Waals surface area contributed by atoms with E-state index in [-0.39, 0.29) is 16.3 Å². The van der Waals surface area contributed by atoms with Gasteiger partial charge >= 0.3 is 5.97 Å². The molecule has 2 rings (SSSR count). The molecule has 0 aliphatic heterocycles. The Labute approximate surface area is 127 Å². The topological polar surface area (TPSA) is 88.3 Å². The number of nitrogens with one attached hydrogen (secondary N) is 2. The SMILES string of the molecule is COC(=O)c1cc(S(=O)(=O)Nc2ccc(C)cc2Cl)c[nH]1. The Morgan fingerprint density at radius 3 is 2.67 bits per heavy atom. The second-order valence-corrected chi connectivity index (χ2v) is 6.42. The number of esters is 1. The molecule has 0 atom stereocenters. The smallest absolute Gasteiger partial charge is 0.354 e. The Balaban J connectivity index is 2.30. The minimum atomic E-state index is -3.84. The van der Waals surface area contributed by atoms with Crippen LogP contribution in [0.15, 0.2) is 35.4 Å². The number of carbonyl (C=O) groups is 1. The summed E-state index contributed by atoms with van der Waals surface area (Å²) in [6, 6.07) is 6.15. The zero-order valence-corrected chi connectivity index (χ0v) is 12.9. The molecule has 2 N–H and O–H groups in total. The first-order valence-electron chi connectivity index (χ1n) is 5.89. The zero-order valence-electron chi connectivity index (χ0n) is 11.3. The van der Waals surface area contributed by atoms with E-state index in [1.54, 1.807) is 18.2 Å². The van der Waals surface area contributed by atoms with E-state index in [2.05, 4.69) is 14.4 Å². The van der Waals surface area contributed by atoms with Crippen molar-refractivity contribution >= 4 is 33.3 Å². The van der Waals surface area contributed by atoms with Crippen molar-refractivity contribution in [3.8, 4) is 0 Å². The highest BCUT2D eigenvalue weighted by Crippen LogP contribution is 2.25. The minimum absolute atomic E-state index is 0.0490. The van der Waals surface area contributed by atoms with E-state index >= 15 is 0 Å². The lowest BCUT2D eigenvalue weighted by Crippen LogP contribution is -2.12. The van der Waals surface area contributed by atoms with Crippen LogP contribution >= 0.6 is 11.6 Å². The van der Waals surface area contributed by atoms with E-state index in [0.717, 1.165) is 5.56 Å². The van der Waals surface area contributed by atoms with Gasteiger partial charge in [0.25, 0.3) is 10.0 Å². The van der Waals surface area contributed by atoms with Crippen LogP contribution in [0.3, 0.4) is 0 Å². The number of hydrogen-bond donors (Lipinski definition) is 2. The van der Waals surface area contributed by atoms with Crippen LogP contribution in [0.4, 0.5) is 5.69 Å². The number of H-pyrrole nitrogens is 1. The van der Waals surface area contributed by atoms with Gasteiger partial charge in [-0.1, -0.05) is 17.7 Å². The lowest BCUT2D eigenvalue weighted by molar-refractivity contribution is 0.0595. The van der Waals surface area contributed by atoms with Crippen molar-refractivity contribution < 1.29 is 17.9 Å². The van der Waals surface area contributed by atoms with Crippen LogP contribution in [0.2, 0.25) is 5.02 Å². The van der Waals surface area contributed by atoms with Crippen LogP contribution in [0.5, 0.6) is 0 Å². The highest BCUT2D eigenvalue weighted by molar-refractivity contribution is 7.92. The van der Waals surface area contributed by atoms with Crippen molar-refractivity contribution in [1.82, 2.24) is 4.98 Å². The molecule has 21 heavy (non-hydrogen) atoms. The Kier molecular flexibility index (Phi) is 4.24. The number of aryl methyl sites for hydroxylation is 1. The van der Waals surface area contributed by atoms with Crippen molar-refractivity contribution in [2.75, 3.05) is 11.8 Å². The van der Waals surface area contributed by atoms with Gasteiger partial charge < -0.3 is 9.72 Å². The number of halogens is 1. The van der Waals surface area contributed by atoms with Gasteiger partial charge in [0, 0.05) is 6.20 Å². The number of sulfonamides is 1. The molecule has 0 aliphatic rings. The number of benzene rings is 1. The van der Waals surface area contributed by atoms with E-state index in [4.69, 9.17) is 11.6 Å². The fourth-order valence-corrected chi connectivity index (χ4v) is 3.07. The summed E-state index contributed by atoms with van der Waals surface area (Å²) >= 11 is 5.99. The molecule has 0 saturated heterocycles. The predicted octanol–water partition coefficient (Wildman–Crippen LogP) is 2.56. The van der Waals surface area contributed by atoms with Gasteiger partial charge in [-0.25, -0.2) is 13.2 Å². The first kappa shape index (κ1) is 15.4. The minimum Gasteiger partial charge on any atom is -0.464 e. The van der Waals surface area contributed by atoms with Crippen LogP contribution in [0, 0.1) is 6.92 Å². The maximum absolute atomic E-state index is 12.2. The van der Waals surface area contributed by atoms with Crippen LogP contribution < -0.4 is 4.72 Å². The molecular weight excluding hydrogens is 316 g/mol. The quantitative estimate of drug-likeness (QED) is 0.844. The molecule has 1 aromatic heterocycles. The third-order valence-corrected chi connectivity index (χ3v) is 4.40. The number of ether oxygens (including phenoxy) is 1. The number of anilines is 1. The summed E-state index contributed by atoms with van der Waals surface area (Å²) in [7, 11) is -2.63. The molecule has 0 saturated carbocycles.